The zero-order valence-corrected chi connectivity index (χ0v) is 31.4. The Labute approximate surface area is 319 Å². The Morgan fingerprint density at radius 2 is 1.33 bits per heavy atom. The van der Waals surface area contributed by atoms with E-state index in [0.29, 0.717) is 51.0 Å². The maximum atomic E-state index is 12.7. The maximum absolute atomic E-state index is 12.7. The van der Waals surface area contributed by atoms with E-state index >= 15 is 0 Å². The highest BCUT2D eigenvalue weighted by molar-refractivity contribution is 7.86. The van der Waals surface area contributed by atoms with Crippen molar-refractivity contribution in [3.05, 3.63) is 121 Å². The molecule has 1 fully saturated rings. The summed E-state index contributed by atoms with van der Waals surface area (Å²) >= 11 is 0. The predicted molar refractivity (Wildman–Crippen MR) is 211 cm³/mol. The molecule has 12 nitrogen and oxygen atoms in total. The van der Waals surface area contributed by atoms with Crippen LogP contribution in [0.4, 0.5) is 22.7 Å². The van der Waals surface area contributed by atoms with Gasteiger partial charge in [-0.1, -0.05) is 79.9 Å². The number of anilines is 4. The maximum Gasteiger partial charge on any atom is 0.240 e. The van der Waals surface area contributed by atoms with Crippen LogP contribution in [-0.4, -0.2) is 44.1 Å². The number of ether oxygens (including phenoxy) is 1. The first-order valence-electron chi connectivity index (χ1n) is 17.7. The second kappa shape index (κ2) is 15.6. The van der Waals surface area contributed by atoms with Gasteiger partial charge in [0.15, 0.2) is 0 Å². The lowest BCUT2D eigenvalue weighted by Crippen LogP contribution is -2.33. The molecule has 7 aromatic rings. The third-order valence-electron chi connectivity index (χ3n) is 9.50. The highest BCUT2D eigenvalue weighted by Crippen LogP contribution is 2.39. The van der Waals surface area contributed by atoms with Gasteiger partial charge in [0.25, 0.3) is 0 Å². The lowest BCUT2D eigenvalue weighted by molar-refractivity contribution is -0.538. The van der Waals surface area contributed by atoms with Crippen LogP contribution in [-0.2, 0) is 20.2 Å². The fourth-order valence-corrected chi connectivity index (χ4v) is 8.31. The summed E-state index contributed by atoms with van der Waals surface area (Å²) in [5.41, 5.74) is 9.02. The molecule has 0 bridgehead atoms. The molecule has 0 radical (unpaired) electrons. The number of para-hydroxylation sites is 4. The summed E-state index contributed by atoms with van der Waals surface area (Å²) in [5, 5.41) is 6.76. The molecule has 4 N–H and O–H groups in total. The fourth-order valence-electron chi connectivity index (χ4n) is 6.96. The average Bonchev–Trinajstić information content (AvgIpc) is 3.17. The van der Waals surface area contributed by atoms with Crippen LogP contribution in [0.5, 0.6) is 5.75 Å². The lowest BCUT2D eigenvalue weighted by Gasteiger charge is -2.19. The number of nitrogens with zero attached hydrogens (tertiary/aromatic N) is 2. The number of rotatable bonds is 8. The van der Waals surface area contributed by atoms with E-state index in [0.717, 1.165) is 0 Å². The largest absolute Gasteiger partial charge is 0.744 e. The highest BCUT2D eigenvalue weighted by Gasteiger charge is 2.27. The summed E-state index contributed by atoms with van der Waals surface area (Å²) in [7, 11) is -8.51. The van der Waals surface area contributed by atoms with Gasteiger partial charge in [-0.05, 0) is 49.2 Å². The van der Waals surface area contributed by atoms with Gasteiger partial charge in [-0.2, -0.15) is 0 Å². The molecule has 14 heteroatoms. The van der Waals surface area contributed by atoms with Gasteiger partial charge in [0, 0.05) is 46.8 Å². The predicted octanol–water partition coefficient (Wildman–Crippen LogP) is 7.40. The third kappa shape index (κ3) is 8.09. The van der Waals surface area contributed by atoms with Gasteiger partial charge >= 0.3 is 0 Å². The molecule has 0 unspecified atom stereocenters. The minimum atomic E-state index is -5.04. The second-order valence-corrected chi connectivity index (χ2v) is 15.9. The Hall–Kier alpha value is -5.64. The lowest BCUT2D eigenvalue weighted by atomic mass is 9.97. The Bertz CT molecular complexity index is 2740. The molecule has 0 aliphatic heterocycles. The highest BCUT2D eigenvalue weighted by atomic mass is 32.2. The Balaban J connectivity index is 0.000000599. The summed E-state index contributed by atoms with van der Waals surface area (Å²) in [6.07, 6.45) is 6.66. The average molecular weight is 777 g/mol. The molecule has 0 spiro atoms. The number of hydrogen-bond donors (Lipinski definition) is 3. The van der Waals surface area contributed by atoms with Gasteiger partial charge in [0.1, 0.15) is 37.0 Å². The number of nitrogens with one attached hydrogen (secondary N) is 2. The quantitative estimate of drug-likeness (QED) is 0.0603. The third-order valence-corrected chi connectivity index (χ3v) is 11.3. The van der Waals surface area contributed by atoms with Gasteiger partial charge in [-0.3, -0.25) is 0 Å². The van der Waals surface area contributed by atoms with Crippen LogP contribution in [0, 0.1) is 0 Å². The smallest absolute Gasteiger partial charge is 0.240 e. The zero-order valence-electron chi connectivity index (χ0n) is 29.8. The van der Waals surface area contributed by atoms with E-state index in [4.69, 9.17) is 15.5 Å². The van der Waals surface area contributed by atoms with Crippen molar-refractivity contribution in [2.24, 2.45) is 5.73 Å². The van der Waals surface area contributed by atoms with Crippen molar-refractivity contribution in [3.8, 4) is 11.4 Å². The molecule has 55 heavy (non-hydrogen) atoms. The van der Waals surface area contributed by atoms with Crippen molar-refractivity contribution in [2.75, 3.05) is 17.7 Å². The molecule has 8 rings (SSSR count). The summed E-state index contributed by atoms with van der Waals surface area (Å²) in [6.45, 7) is 0. The molecule has 1 aromatic heterocycles. The van der Waals surface area contributed by atoms with Gasteiger partial charge in [-0.15, -0.1) is 4.57 Å². The molecular weight excluding hydrogens is 739 g/mol. The van der Waals surface area contributed by atoms with Crippen LogP contribution >= 0.6 is 0 Å². The van der Waals surface area contributed by atoms with Gasteiger partial charge in [0.2, 0.25) is 16.7 Å². The Morgan fingerprint density at radius 3 is 1.96 bits per heavy atom. The topological polar surface area (TPSA) is 190 Å². The van der Waals surface area contributed by atoms with Crippen LogP contribution in [0.25, 0.3) is 38.5 Å². The first-order valence-corrected chi connectivity index (χ1v) is 20.5. The van der Waals surface area contributed by atoms with E-state index < -0.39 is 30.0 Å². The van der Waals surface area contributed by atoms with Crippen molar-refractivity contribution in [1.29, 1.82) is 0 Å². The van der Waals surface area contributed by atoms with Crippen molar-refractivity contribution in [1.82, 2.24) is 4.98 Å². The second-order valence-electron chi connectivity index (χ2n) is 13.2. The number of hydrogen-bond acceptors (Lipinski definition) is 11. The van der Waals surface area contributed by atoms with Crippen LogP contribution in [0.2, 0.25) is 0 Å². The van der Waals surface area contributed by atoms with Crippen molar-refractivity contribution in [3.63, 3.8) is 0 Å². The molecule has 6 aromatic carbocycles. The van der Waals surface area contributed by atoms with Gasteiger partial charge < -0.3 is 30.2 Å². The minimum absolute atomic E-state index is 0.00371. The molecule has 282 valence electrons. The molecule has 1 aliphatic rings. The van der Waals surface area contributed by atoms with Crippen LogP contribution in [0.1, 0.15) is 32.1 Å². The van der Waals surface area contributed by atoms with Gasteiger partial charge in [0.05, 0.1) is 34.0 Å². The number of benzene rings is 6. The summed E-state index contributed by atoms with van der Waals surface area (Å²) in [6, 6.07) is 34.4. The molecule has 1 aliphatic carbocycles. The number of nitrogens with two attached hydrogens (primary N) is 1. The monoisotopic (exact) mass is 776 g/mol. The Kier molecular flexibility index (Phi) is 10.7. The number of aromatic nitrogens is 2. The first kappa shape index (κ1) is 37.7. The van der Waals surface area contributed by atoms with Crippen molar-refractivity contribution in [2.45, 2.75) is 47.9 Å². The number of methoxy groups -OCH3 is 1. The van der Waals surface area contributed by atoms with Gasteiger partial charge in [-0.25, -0.2) is 21.8 Å². The van der Waals surface area contributed by atoms with Crippen LogP contribution < -0.4 is 25.7 Å². The molecule has 1 heterocycles. The van der Waals surface area contributed by atoms with E-state index in [1.807, 2.05) is 53.1 Å². The SMILES string of the molecule is COc1ccccc1Nc1cc2c(cc1S(=O)(=O)[O-])nc1c3cccc(S(=O)(=O)[O-])c3c(Nc3ccccc3)cc1[n+]2-c1ccccc1.NC1CCCCC1. The molecule has 0 amide bonds. The van der Waals surface area contributed by atoms with E-state index in [1.165, 1.54) is 63.5 Å². The standard InChI is InChI=1S/C35H26N4O7S2.C6H13N/c1-46-31-17-9-8-16-25(31)37-27-19-29-26(21-33(27)48(43,44)45)38-35-24-15-10-18-32(47(40,41)42)34(24)28(36-22-11-4-2-5-12-22)20-30(35)39(29)23-13-6-3-7-14-23;7-6-4-2-1-3-5-6/h2-21H,1H3,(H3,36,37,40,41,42,43,44,45);6H,1-5,7H2/p-1. The molecular formula is C41H38N5O7S2-. The number of fused-ring (bicyclic) bond motifs is 4. The molecule has 1 saturated carbocycles. The van der Waals surface area contributed by atoms with Crippen LogP contribution in [0.3, 0.4) is 0 Å². The van der Waals surface area contributed by atoms with E-state index in [9.17, 15) is 25.9 Å². The van der Waals surface area contributed by atoms with Crippen molar-refractivity contribution >= 4 is 75.8 Å². The fraction of sp³-hybridized carbons (Fsp3) is 0.171. The normalized spacial score (nSPS) is 13.7. The Morgan fingerprint density at radius 1 is 0.691 bits per heavy atom. The van der Waals surface area contributed by atoms with Crippen LogP contribution in [0.15, 0.2) is 131 Å². The minimum Gasteiger partial charge on any atom is -0.744 e. The zero-order chi connectivity index (χ0) is 38.7. The molecule has 0 saturated heterocycles. The summed E-state index contributed by atoms with van der Waals surface area (Å²) in [5.74, 6) is 0.423. The first-order chi connectivity index (χ1) is 26.4. The van der Waals surface area contributed by atoms with E-state index in [-0.39, 0.29) is 22.1 Å². The van der Waals surface area contributed by atoms with E-state index in [1.54, 1.807) is 48.5 Å². The van der Waals surface area contributed by atoms with Crippen molar-refractivity contribution < 1.29 is 35.2 Å². The summed E-state index contributed by atoms with van der Waals surface area (Å²) < 4.78 is 82.9. The molecule has 0 atom stereocenters. The summed E-state index contributed by atoms with van der Waals surface area (Å²) in [4.78, 5) is 3.81. The van der Waals surface area contributed by atoms with E-state index in [2.05, 4.69) is 10.6 Å².